The quantitative estimate of drug-likeness (QED) is 0.350. The third kappa shape index (κ3) is 6.57. The van der Waals surface area contributed by atoms with E-state index in [1.807, 2.05) is 0 Å². The van der Waals surface area contributed by atoms with Crippen molar-refractivity contribution in [1.29, 1.82) is 0 Å². The van der Waals surface area contributed by atoms with Crippen molar-refractivity contribution in [3.63, 3.8) is 0 Å². The summed E-state index contributed by atoms with van der Waals surface area (Å²) in [6.07, 6.45) is 2.52. The van der Waals surface area contributed by atoms with Crippen molar-refractivity contribution in [2.24, 2.45) is 5.92 Å². The maximum Gasteiger partial charge on any atom is 0.340 e. The van der Waals surface area contributed by atoms with Crippen molar-refractivity contribution in [3.05, 3.63) is 59.7 Å². The molecular weight excluding hydrogens is 458 g/mol. The highest BCUT2D eigenvalue weighted by Crippen LogP contribution is 2.29. The lowest BCUT2D eigenvalue weighted by Gasteiger charge is -2.31. The third-order valence-corrected chi connectivity index (χ3v) is 6.86. The molecule has 2 aromatic rings. The highest BCUT2D eigenvalue weighted by molar-refractivity contribution is 7.87. The molecule has 34 heavy (non-hydrogen) atoms. The zero-order valence-electron chi connectivity index (χ0n) is 19.7. The van der Waals surface area contributed by atoms with E-state index in [2.05, 4.69) is 0 Å². The molecule has 2 aromatic carbocycles. The lowest BCUT2D eigenvalue weighted by molar-refractivity contribution is -0.139. The van der Waals surface area contributed by atoms with Gasteiger partial charge in [-0.15, -0.1) is 0 Å². The summed E-state index contributed by atoms with van der Waals surface area (Å²) in [7, 11) is -2.68. The maximum atomic E-state index is 12.9. The van der Waals surface area contributed by atoms with Gasteiger partial charge in [-0.3, -0.25) is 4.79 Å². The summed E-state index contributed by atoms with van der Waals surface area (Å²) >= 11 is 0. The fourth-order valence-electron chi connectivity index (χ4n) is 3.56. The van der Waals surface area contributed by atoms with E-state index >= 15 is 0 Å². The Bertz CT molecular complexity index is 1090. The van der Waals surface area contributed by atoms with Crippen LogP contribution in [0.1, 0.15) is 49.0 Å². The first-order chi connectivity index (χ1) is 16.2. The largest absolute Gasteiger partial charge is 0.459 e. The number of hydrogen-bond acceptors (Lipinski definition) is 7. The van der Waals surface area contributed by atoms with Crippen LogP contribution in [0.15, 0.2) is 53.4 Å². The molecule has 0 atom stereocenters. The first-order valence-corrected chi connectivity index (χ1v) is 12.7. The molecule has 184 valence electrons. The van der Waals surface area contributed by atoms with Gasteiger partial charge in [0.1, 0.15) is 10.6 Å². The van der Waals surface area contributed by atoms with Crippen molar-refractivity contribution in [1.82, 2.24) is 4.90 Å². The Balaban J connectivity index is 1.72. The molecule has 0 unspecified atom stereocenters. The number of benzene rings is 2. The number of methoxy groups -OCH3 is 1. The minimum atomic E-state index is -4.28. The van der Waals surface area contributed by atoms with Gasteiger partial charge in [0.05, 0.1) is 18.3 Å². The molecule has 9 heteroatoms. The SMILES string of the molecule is COCCN(Cc1ccc(OS(=O)(=O)c2ccccc2C(=O)OC(C)C)cc1)C(=O)C1CCC1. The lowest BCUT2D eigenvalue weighted by atomic mass is 9.84. The lowest BCUT2D eigenvalue weighted by Crippen LogP contribution is -2.40. The Morgan fingerprint density at radius 2 is 1.74 bits per heavy atom. The zero-order valence-corrected chi connectivity index (χ0v) is 20.5. The molecule has 0 aliphatic heterocycles. The highest BCUT2D eigenvalue weighted by Gasteiger charge is 2.29. The second-order valence-electron chi connectivity index (χ2n) is 8.51. The number of amides is 1. The Morgan fingerprint density at radius 1 is 1.06 bits per heavy atom. The summed E-state index contributed by atoms with van der Waals surface area (Å²) < 4.78 is 41.4. The molecule has 8 nitrogen and oxygen atoms in total. The average Bonchev–Trinajstić information content (AvgIpc) is 2.76. The Kier molecular flexibility index (Phi) is 8.68. The zero-order chi connectivity index (χ0) is 24.7. The molecule has 0 spiro atoms. The van der Waals surface area contributed by atoms with Crippen molar-refractivity contribution in [2.45, 2.75) is 50.7 Å². The molecule has 1 fully saturated rings. The average molecular weight is 490 g/mol. The first kappa shape index (κ1) is 25.7. The fraction of sp³-hybridized carbons (Fsp3) is 0.440. The van der Waals surface area contributed by atoms with Crippen LogP contribution in [0.3, 0.4) is 0 Å². The van der Waals surface area contributed by atoms with E-state index in [0.717, 1.165) is 24.8 Å². The highest BCUT2D eigenvalue weighted by atomic mass is 32.2. The second-order valence-corrected chi connectivity index (χ2v) is 10.0. The van der Waals surface area contributed by atoms with E-state index in [9.17, 15) is 18.0 Å². The molecule has 3 rings (SSSR count). The van der Waals surface area contributed by atoms with Gasteiger partial charge in [-0.1, -0.05) is 30.7 Å². The number of carbonyl (C=O) groups excluding carboxylic acids is 2. The molecular formula is C25H31NO7S. The maximum absolute atomic E-state index is 12.9. The van der Waals surface area contributed by atoms with E-state index in [4.69, 9.17) is 13.7 Å². The number of rotatable bonds is 11. The van der Waals surface area contributed by atoms with E-state index < -0.39 is 22.2 Å². The predicted octanol–water partition coefficient (Wildman–Crippen LogP) is 3.79. The molecule has 0 saturated heterocycles. The minimum absolute atomic E-state index is 0.0760. The number of carbonyl (C=O) groups is 2. The molecule has 1 amide bonds. The number of esters is 1. The van der Waals surface area contributed by atoms with Crippen molar-refractivity contribution < 1.29 is 31.7 Å². The number of hydrogen-bond donors (Lipinski definition) is 0. The van der Waals surface area contributed by atoms with Gasteiger partial charge in [0.2, 0.25) is 5.91 Å². The van der Waals surface area contributed by atoms with Crippen LogP contribution in [0.2, 0.25) is 0 Å². The standard InChI is InChI=1S/C25H31NO7S/c1-18(2)32-25(28)22-9-4-5-10-23(22)34(29,30)33-21-13-11-19(12-14-21)17-26(15-16-31-3)24(27)20-7-6-8-20/h4-5,9-14,18,20H,6-8,15-17H2,1-3H3. The topological polar surface area (TPSA) is 99.2 Å². The smallest absolute Gasteiger partial charge is 0.340 e. The van der Waals surface area contributed by atoms with Crippen LogP contribution in [-0.2, 0) is 30.9 Å². The van der Waals surface area contributed by atoms with E-state index in [1.165, 1.54) is 30.3 Å². The molecule has 1 aliphatic rings. The normalized spacial score (nSPS) is 13.9. The van der Waals surface area contributed by atoms with Gasteiger partial charge in [-0.25, -0.2) is 4.79 Å². The molecule has 0 heterocycles. The van der Waals surface area contributed by atoms with Crippen LogP contribution in [0.5, 0.6) is 5.75 Å². The third-order valence-electron chi connectivity index (χ3n) is 5.55. The van der Waals surface area contributed by atoms with E-state index in [-0.39, 0.29) is 28.0 Å². The van der Waals surface area contributed by atoms with Crippen molar-refractivity contribution in [2.75, 3.05) is 20.3 Å². The Hall–Kier alpha value is -2.91. The molecule has 1 saturated carbocycles. The predicted molar refractivity (Wildman–Crippen MR) is 126 cm³/mol. The van der Waals surface area contributed by atoms with Crippen LogP contribution < -0.4 is 4.18 Å². The molecule has 0 aromatic heterocycles. The van der Waals surface area contributed by atoms with E-state index in [1.54, 1.807) is 44.1 Å². The molecule has 0 N–H and O–H groups in total. The van der Waals surface area contributed by atoms with Crippen LogP contribution >= 0.6 is 0 Å². The van der Waals surface area contributed by atoms with Gasteiger partial charge in [0.25, 0.3) is 0 Å². The molecule has 0 radical (unpaired) electrons. The second kappa shape index (κ2) is 11.5. The van der Waals surface area contributed by atoms with Gasteiger partial charge in [0.15, 0.2) is 0 Å². The first-order valence-electron chi connectivity index (χ1n) is 11.3. The number of nitrogens with zero attached hydrogens (tertiary/aromatic N) is 1. The van der Waals surface area contributed by atoms with Gasteiger partial charge < -0.3 is 18.6 Å². The summed E-state index contributed by atoms with van der Waals surface area (Å²) in [6.45, 7) is 4.69. The van der Waals surface area contributed by atoms with Gasteiger partial charge in [-0.05, 0) is 56.5 Å². The van der Waals surface area contributed by atoms with Crippen LogP contribution in [0, 0.1) is 5.92 Å². The van der Waals surface area contributed by atoms with Crippen molar-refractivity contribution >= 4 is 22.0 Å². The van der Waals surface area contributed by atoms with Gasteiger partial charge in [-0.2, -0.15) is 8.42 Å². The summed E-state index contributed by atoms with van der Waals surface area (Å²) in [6, 6.07) is 12.3. The van der Waals surface area contributed by atoms with Crippen molar-refractivity contribution in [3.8, 4) is 5.75 Å². The van der Waals surface area contributed by atoms with Crippen LogP contribution in [0.4, 0.5) is 0 Å². The molecule has 1 aliphatic carbocycles. The van der Waals surface area contributed by atoms with Gasteiger partial charge in [0, 0.05) is 26.1 Å². The summed E-state index contributed by atoms with van der Waals surface area (Å²) in [5.41, 5.74) is 0.755. The summed E-state index contributed by atoms with van der Waals surface area (Å²) in [5, 5.41) is 0. The fourth-order valence-corrected chi connectivity index (χ4v) is 4.68. The van der Waals surface area contributed by atoms with Crippen LogP contribution in [-0.4, -0.2) is 51.6 Å². The van der Waals surface area contributed by atoms with Gasteiger partial charge >= 0.3 is 16.1 Å². The Morgan fingerprint density at radius 3 is 2.32 bits per heavy atom. The van der Waals surface area contributed by atoms with E-state index in [0.29, 0.717) is 19.7 Å². The number of ether oxygens (including phenoxy) is 2. The minimum Gasteiger partial charge on any atom is -0.459 e. The summed E-state index contributed by atoms with van der Waals surface area (Å²) in [5.74, 6) is -0.437. The molecule has 0 bridgehead atoms. The van der Waals surface area contributed by atoms with Crippen LogP contribution in [0.25, 0.3) is 0 Å². The monoisotopic (exact) mass is 489 g/mol. The summed E-state index contributed by atoms with van der Waals surface area (Å²) in [4.78, 5) is 26.6. The Labute approximate surface area is 200 Å².